The van der Waals surface area contributed by atoms with Crippen molar-refractivity contribution in [1.29, 1.82) is 0 Å². The Bertz CT molecular complexity index is 535. The van der Waals surface area contributed by atoms with Crippen LogP contribution in [-0.4, -0.2) is 19.0 Å². The minimum Gasteiger partial charge on any atom is -0.460 e. The number of hydrogen-bond acceptors (Lipinski definition) is 3. The van der Waals surface area contributed by atoms with Gasteiger partial charge in [0.25, 0.3) is 0 Å². The molecule has 0 aliphatic carbocycles. The summed E-state index contributed by atoms with van der Waals surface area (Å²) < 4.78 is 5.70. The van der Waals surface area contributed by atoms with Crippen molar-refractivity contribution in [3.63, 3.8) is 0 Å². The summed E-state index contributed by atoms with van der Waals surface area (Å²) in [5.74, 6) is 0.655. The summed E-state index contributed by atoms with van der Waals surface area (Å²) in [6.07, 6.45) is 0. The number of carbonyl (C=O) groups excluding carboxylic acids is 1. The van der Waals surface area contributed by atoms with Gasteiger partial charge in [0, 0.05) is 11.9 Å². The number of hydrogen-bond donors (Lipinski definition) is 2. The Morgan fingerprint density at radius 3 is 2.70 bits per heavy atom. The van der Waals surface area contributed by atoms with E-state index in [2.05, 4.69) is 5.32 Å². The number of halogens is 1. The molecule has 0 spiro atoms. The number of amides is 1. The van der Waals surface area contributed by atoms with Crippen molar-refractivity contribution < 1.29 is 9.21 Å². The van der Waals surface area contributed by atoms with E-state index in [1.54, 1.807) is 0 Å². The van der Waals surface area contributed by atoms with Crippen LogP contribution in [0.2, 0.25) is 0 Å². The normalized spacial score (nSPS) is 13.6. The number of fused-ring (bicyclic) bond motifs is 1. The number of benzene rings is 1. The molecule has 5 heteroatoms. The summed E-state index contributed by atoms with van der Waals surface area (Å²) in [6.45, 7) is 5.02. The molecule has 20 heavy (non-hydrogen) atoms. The summed E-state index contributed by atoms with van der Waals surface area (Å²) in [4.78, 5) is 12.0. The molecule has 2 unspecified atom stereocenters. The van der Waals surface area contributed by atoms with E-state index in [1.165, 1.54) is 0 Å². The van der Waals surface area contributed by atoms with Crippen molar-refractivity contribution in [3.05, 3.63) is 36.1 Å². The molecular weight excluding hydrogens is 276 g/mol. The molecule has 2 atom stereocenters. The fourth-order valence-electron chi connectivity index (χ4n) is 1.86. The number of para-hydroxylation sites is 1. The van der Waals surface area contributed by atoms with Crippen LogP contribution in [0.25, 0.3) is 11.0 Å². The third-order valence-electron chi connectivity index (χ3n) is 3.29. The van der Waals surface area contributed by atoms with Gasteiger partial charge in [0.1, 0.15) is 11.3 Å². The van der Waals surface area contributed by atoms with Crippen molar-refractivity contribution in [2.24, 2.45) is 11.7 Å². The first-order chi connectivity index (χ1) is 9.11. The van der Waals surface area contributed by atoms with Gasteiger partial charge in [0.05, 0.1) is 5.92 Å². The number of carbonyl (C=O) groups is 1. The first kappa shape index (κ1) is 16.5. The topological polar surface area (TPSA) is 68.3 Å². The lowest BCUT2D eigenvalue weighted by Gasteiger charge is -2.13. The lowest BCUT2D eigenvalue weighted by Crippen LogP contribution is -2.33. The Kier molecular flexibility index (Phi) is 6.05. The predicted molar refractivity (Wildman–Crippen MR) is 83.1 cm³/mol. The van der Waals surface area contributed by atoms with Crippen molar-refractivity contribution >= 4 is 29.3 Å². The second-order valence-corrected chi connectivity index (χ2v) is 4.99. The number of rotatable bonds is 5. The molecule has 0 fully saturated rings. The Hall–Kier alpha value is -1.52. The molecule has 0 bridgehead atoms. The van der Waals surface area contributed by atoms with Crippen LogP contribution in [-0.2, 0) is 4.79 Å². The minimum atomic E-state index is -0.294. The van der Waals surface area contributed by atoms with E-state index in [0.717, 1.165) is 11.0 Å². The Morgan fingerprint density at radius 2 is 2.05 bits per heavy atom. The summed E-state index contributed by atoms with van der Waals surface area (Å²) >= 11 is 0. The lowest BCUT2D eigenvalue weighted by atomic mass is 10.1. The van der Waals surface area contributed by atoms with Gasteiger partial charge >= 0.3 is 0 Å². The molecule has 1 amide bonds. The van der Waals surface area contributed by atoms with Crippen LogP contribution in [0.5, 0.6) is 0 Å². The van der Waals surface area contributed by atoms with Crippen molar-refractivity contribution in [1.82, 2.24) is 5.32 Å². The van der Waals surface area contributed by atoms with Crippen molar-refractivity contribution in [2.45, 2.75) is 19.8 Å². The van der Waals surface area contributed by atoms with Gasteiger partial charge in [0.2, 0.25) is 5.91 Å². The Balaban J connectivity index is 0.00000200. The van der Waals surface area contributed by atoms with E-state index < -0.39 is 0 Å². The van der Waals surface area contributed by atoms with Crippen molar-refractivity contribution in [3.8, 4) is 0 Å². The highest BCUT2D eigenvalue weighted by atomic mass is 35.5. The first-order valence-corrected chi connectivity index (χ1v) is 6.58. The first-order valence-electron chi connectivity index (χ1n) is 6.58. The average molecular weight is 297 g/mol. The van der Waals surface area contributed by atoms with Crippen LogP contribution in [0.1, 0.15) is 25.5 Å². The van der Waals surface area contributed by atoms with Crippen LogP contribution >= 0.6 is 12.4 Å². The molecular formula is C15H21ClN2O2. The van der Waals surface area contributed by atoms with Crippen LogP contribution < -0.4 is 11.1 Å². The standard InChI is InChI=1S/C15H20N2O2.ClH/c1-10(8-16)9-17-15(18)11(2)14-7-12-5-3-4-6-13(12)19-14;/h3-7,10-11H,8-9,16H2,1-2H3,(H,17,18);1H. The third-order valence-corrected chi connectivity index (χ3v) is 3.29. The third kappa shape index (κ3) is 3.74. The zero-order chi connectivity index (χ0) is 13.8. The van der Waals surface area contributed by atoms with Gasteiger partial charge in [-0.3, -0.25) is 4.79 Å². The zero-order valence-electron chi connectivity index (χ0n) is 11.8. The van der Waals surface area contributed by atoms with E-state index in [0.29, 0.717) is 18.8 Å². The van der Waals surface area contributed by atoms with Crippen molar-refractivity contribution in [2.75, 3.05) is 13.1 Å². The molecule has 3 N–H and O–H groups in total. The molecule has 0 radical (unpaired) electrons. The van der Waals surface area contributed by atoms with Gasteiger partial charge < -0.3 is 15.5 Å². The Morgan fingerprint density at radius 1 is 1.35 bits per heavy atom. The van der Waals surface area contributed by atoms with Gasteiger partial charge in [-0.2, -0.15) is 0 Å². The van der Waals surface area contributed by atoms with E-state index in [-0.39, 0.29) is 30.2 Å². The Labute approximate surface area is 125 Å². The number of nitrogens with one attached hydrogen (secondary N) is 1. The molecule has 0 aliphatic heterocycles. The van der Waals surface area contributed by atoms with Gasteiger partial charge in [-0.05, 0) is 31.5 Å². The summed E-state index contributed by atoms with van der Waals surface area (Å²) in [6, 6.07) is 9.67. The molecule has 1 heterocycles. The van der Waals surface area contributed by atoms with E-state index in [9.17, 15) is 4.79 Å². The summed E-state index contributed by atoms with van der Waals surface area (Å²) in [5.41, 5.74) is 6.34. The second-order valence-electron chi connectivity index (χ2n) is 4.99. The number of furan rings is 1. The fraction of sp³-hybridized carbons (Fsp3) is 0.400. The summed E-state index contributed by atoms with van der Waals surface area (Å²) in [7, 11) is 0. The molecule has 0 saturated heterocycles. The second kappa shape index (κ2) is 7.31. The fourth-order valence-corrected chi connectivity index (χ4v) is 1.86. The highest BCUT2D eigenvalue weighted by Gasteiger charge is 2.19. The van der Waals surface area contributed by atoms with E-state index >= 15 is 0 Å². The molecule has 4 nitrogen and oxygen atoms in total. The quantitative estimate of drug-likeness (QED) is 0.891. The SMILES string of the molecule is CC(CN)CNC(=O)C(C)c1cc2ccccc2o1.Cl. The molecule has 1 aromatic carbocycles. The monoisotopic (exact) mass is 296 g/mol. The molecule has 110 valence electrons. The smallest absolute Gasteiger partial charge is 0.230 e. The van der Waals surface area contributed by atoms with E-state index in [4.69, 9.17) is 10.2 Å². The van der Waals surface area contributed by atoms with Gasteiger partial charge in [-0.15, -0.1) is 12.4 Å². The molecule has 2 aromatic rings. The maximum absolute atomic E-state index is 12.0. The minimum absolute atomic E-state index is 0. The van der Waals surface area contributed by atoms with Gasteiger partial charge in [-0.1, -0.05) is 25.1 Å². The maximum atomic E-state index is 12.0. The van der Waals surface area contributed by atoms with E-state index in [1.807, 2.05) is 44.2 Å². The highest BCUT2D eigenvalue weighted by Crippen LogP contribution is 2.24. The molecule has 1 aromatic heterocycles. The van der Waals surface area contributed by atoms with Crippen LogP contribution in [0.15, 0.2) is 34.7 Å². The zero-order valence-corrected chi connectivity index (χ0v) is 12.6. The van der Waals surface area contributed by atoms with Crippen LogP contribution in [0, 0.1) is 5.92 Å². The van der Waals surface area contributed by atoms with Gasteiger partial charge in [-0.25, -0.2) is 0 Å². The predicted octanol–water partition coefficient (Wildman–Crippen LogP) is 2.67. The summed E-state index contributed by atoms with van der Waals surface area (Å²) in [5, 5.41) is 3.92. The van der Waals surface area contributed by atoms with Crippen LogP contribution in [0.4, 0.5) is 0 Å². The largest absolute Gasteiger partial charge is 0.460 e. The van der Waals surface area contributed by atoms with Crippen LogP contribution in [0.3, 0.4) is 0 Å². The molecule has 0 saturated carbocycles. The average Bonchev–Trinajstić information content (AvgIpc) is 2.87. The molecule has 2 rings (SSSR count). The van der Waals surface area contributed by atoms with Gasteiger partial charge in [0.15, 0.2) is 0 Å². The highest BCUT2D eigenvalue weighted by molar-refractivity contribution is 5.85. The number of nitrogens with two attached hydrogens (primary N) is 1. The molecule has 0 aliphatic rings. The lowest BCUT2D eigenvalue weighted by molar-refractivity contribution is -0.122. The maximum Gasteiger partial charge on any atom is 0.230 e.